The standard InChI is InChI=1S/C10H9Cl3N2O2S/c11-10(12,13)9(17)15-8-6(7(14)16)4-2-1-3-5(4)18-8/h1-3H2,(H2,14,16)(H,15,17). The van der Waals surface area contributed by atoms with E-state index >= 15 is 0 Å². The zero-order valence-electron chi connectivity index (χ0n) is 9.06. The monoisotopic (exact) mass is 326 g/mol. The highest BCUT2D eigenvalue weighted by atomic mass is 35.6. The van der Waals surface area contributed by atoms with Crippen molar-refractivity contribution >= 4 is 63.0 Å². The number of amides is 2. The summed E-state index contributed by atoms with van der Waals surface area (Å²) < 4.78 is -2.07. The molecule has 1 aliphatic carbocycles. The molecule has 0 atom stereocenters. The van der Waals surface area contributed by atoms with E-state index in [9.17, 15) is 9.59 Å². The fourth-order valence-electron chi connectivity index (χ4n) is 1.93. The fourth-order valence-corrected chi connectivity index (χ4v) is 3.36. The van der Waals surface area contributed by atoms with E-state index in [0.29, 0.717) is 10.6 Å². The third kappa shape index (κ3) is 2.59. The lowest BCUT2D eigenvalue weighted by atomic mass is 10.1. The molecule has 1 heterocycles. The smallest absolute Gasteiger partial charge is 0.277 e. The molecule has 0 saturated heterocycles. The number of carbonyl (C=O) groups excluding carboxylic acids is 2. The number of alkyl halides is 3. The number of hydrogen-bond donors (Lipinski definition) is 2. The quantitative estimate of drug-likeness (QED) is 0.820. The molecule has 0 saturated carbocycles. The SMILES string of the molecule is NC(=O)c1c(NC(=O)C(Cl)(Cl)Cl)sc2c1CCC2. The van der Waals surface area contributed by atoms with Gasteiger partial charge in [-0.05, 0) is 24.8 Å². The Morgan fingerprint density at radius 2 is 1.94 bits per heavy atom. The van der Waals surface area contributed by atoms with Gasteiger partial charge in [-0.1, -0.05) is 34.8 Å². The molecule has 98 valence electrons. The Morgan fingerprint density at radius 3 is 2.50 bits per heavy atom. The van der Waals surface area contributed by atoms with Crippen LogP contribution in [0.1, 0.15) is 27.2 Å². The first-order valence-corrected chi connectivity index (χ1v) is 7.08. The average molecular weight is 328 g/mol. The maximum Gasteiger partial charge on any atom is 0.277 e. The van der Waals surface area contributed by atoms with Gasteiger partial charge < -0.3 is 11.1 Å². The first-order chi connectivity index (χ1) is 8.30. The van der Waals surface area contributed by atoms with Crippen LogP contribution in [-0.2, 0) is 17.6 Å². The Labute approximate surface area is 122 Å². The number of thiophene rings is 1. The Kier molecular flexibility index (Phi) is 3.78. The first kappa shape index (κ1) is 13.9. The molecule has 0 fully saturated rings. The second kappa shape index (κ2) is 4.89. The van der Waals surface area contributed by atoms with Gasteiger partial charge in [0.1, 0.15) is 5.00 Å². The highest BCUT2D eigenvalue weighted by molar-refractivity contribution is 7.17. The number of anilines is 1. The van der Waals surface area contributed by atoms with Crippen LogP contribution < -0.4 is 11.1 Å². The molecule has 8 heteroatoms. The highest BCUT2D eigenvalue weighted by Gasteiger charge is 2.33. The summed E-state index contributed by atoms with van der Waals surface area (Å²) in [5, 5.41) is 2.81. The molecule has 4 nitrogen and oxygen atoms in total. The molecule has 0 unspecified atom stereocenters. The summed E-state index contributed by atoms with van der Waals surface area (Å²) in [6.45, 7) is 0. The van der Waals surface area contributed by atoms with E-state index in [1.807, 2.05) is 0 Å². The number of fused-ring (bicyclic) bond motifs is 1. The van der Waals surface area contributed by atoms with Gasteiger partial charge in [-0.2, -0.15) is 0 Å². The zero-order chi connectivity index (χ0) is 13.5. The lowest BCUT2D eigenvalue weighted by Crippen LogP contribution is -2.27. The summed E-state index contributed by atoms with van der Waals surface area (Å²) in [5.74, 6) is -1.37. The molecule has 2 rings (SSSR count). The van der Waals surface area contributed by atoms with Gasteiger partial charge in [0.15, 0.2) is 0 Å². The predicted molar refractivity (Wildman–Crippen MR) is 73.8 cm³/mol. The van der Waals surface area contributed by atoms with Gasteiger partial charge in [-0.3, -0.25) is 9.59 Å². The highest BCUT2D eigenvalue weighted by Crippen LogP contribution is 2.39. The van der Waals surface area contributed by atoms with E-state index in [1.165, 1.54) is 11.3 Å². The van der Waals surface area contributed by atoms with Crippen molar-refractivity contribution in [2.45, 2.75) is 23.1 Å². The third-order valence-corrected chi connectivity index (χ3v) is 4.37. The summed E-state index contributed by atoms with van der Waals surface area (Å²) >= 11 is 17.7. The summed E-state index contributed by atoms with van der Waals surface area (Å²) in [6.07, 6.45) is 2.65. The normalized spacial score (nSPS) is 14.4. The van der Waals surface area contributed by atoms with E-state index in [1.54, 1.807) is 0 Å². The van der Waals surface area contributed by atoms with Crippen molar-refractivity contribution in [3.63, 3.8) is 0 Å². The van der Waals surface area contributed by atoms with Gasteiger partial charge in [-0.25, -0.2) is 0 Å². The number of nitrogens with one attached hydrogen (secondary N) is 1. The lowest BCUT2D eigenvalue weighted by molar-refractivity contribution is -0.115. The minimum atomic E-state index is -2.07. The number of hydrogen-bond acceptors (Lipinski definition) is 3. The van der Waals surface area contributed by atoms with Crippen LogP contribution in [0.3, 0.4) is 0 Å². The second-order valence-electron chi connectivity index (χ2n) is 3.88. The van der Waals surface area contributed by atoms with Gasteiger partial charge in [0.05, 0.1) is 5.56 Å². The van der Waals surface area contributed by atoms with Crippen LogP contribution in [0.15, 0.2) is 0 Å². The average Bonchev–Trinajstić information content (AvgIpc) is 2.74. The van der Waals surface area contributed by atoms with E-state index in [4.69, 9.17) is 40.5 Å². The number of halogens is 3. The largest absolute Gasteiger partial charge is 0.365 e. The second-order valence-corrected chi connectivity index (χ2v) is 7.26. The molecular weight excluding hydrogens is 319 g/mol. The van der Waals surface area contributed by atoms with Crippen molar-refractivity contribution in [3.8, 4) is 0 Å². The molecule has 1 aromatic heterocycles. The maximum atomic E-state index is 11.6. The van der Waals surface area contributed by atoms with Crippen molar-refractivity contribution in [3.05, 3.63) is 16.0 Å². The third-order valence-electron chi connectivity index (χ3n) is 2.65. The number of carbonyl (C=O) groups is 2. The van der Waals surface area contributed by atoms with Crippen LogP contribution in [0.4, 0.5) is 5.00 Å². The Balaban J connectivity index is 2.35. The number of nitrogens with two attached hydrogens (primary N) is 1. The summed E-state index contributed by atoms with van der Waals surface area (Å²) in [4.78, 5) is 24.1. The van der Waals surface area contributed by atoms with Crippen LogP contribution in [0.2, 0.25) is 0 Å². The van der Waals surface area contributed by atoms with Crippen molar-refractivity contribution in [1.29, 1.82) is 0 Å². The number of aryl methyl sites for hydroxylation is 1. The minimum absolute atomic E-state index is 0.343. The van der Waals surface area contributed by atoms with Crippen molar-refractivity contribution in [2.24, 2.45) is 5.73 Å². The van der Waals surface area contributed by atoms with Crippen LogP contribution >= 0.6 is 46.1 Å². The summed E-state index contributed by atoms with van der Waals surface area (Å²) in [6, 6.07) is 0. The molecule has 1 aliphatic rings. The first-order valence-electron chi connectivity index (χ1n) is 5.13. The molecule has 0 bridgehead atoms. The summed E-state index contributed by atoms with van der Waals surface area (Å²) in [7, 11) is 0. The summed E-state index contributed by atoms with van der Waals surface area (Å²) in [5.41, 5.74) is 6.59. The minimum Gasteiger partial charge on any atom is -0.365 e. The van der Waals surface area contributed by atoms with Crippen LogP contribution in [0, 0.1) is 0 Å². The van der Waals surface area contributed by atoms with E-state index in [-0.39, 0.29) is 0 Å². The van der Waals surface area contributed by atoms with Gasteiger partial charge in [0.2, 0.25) is 0 Å². The van der Waals surface area contributed by atoms with Crippen molar-refractivity contribution < 1.29 is 9.59 Å². The van der Waals surface area contributed by atoms with Crippen molar-refractivity contribution in [1.82, 2.24) is 0 Å². The molecule has 3 N–H and O–H groups in total. The Hall–Kier alpha value is -0.490. The van der Waals surface area contributed by atoms with Crippen LogP contribution in [-0.4, -0.2) is 15.6 Å². The molecular formula is C10H9Cl3N2O2S. The Morgan fingerprint density at radius 1 is 1.28 bits per heavy atom. The van der Waals surface area contributed by atoms with Crippen molar-refractivity contribution in [2.75, 3.05) is 5.32 Å². The topological polar surface area (TPSA) is 72.2 Å². The van der Waals surface area contributed by atoms with E-state index < -0.39 is 15.6 Å². The van der Waals surface area contributed by atoms with Gasteiger partial charge in [-0.15, -0.1) is 11.3 Å². The van der Waals surface area contributed by atoms with Gasteiger partial charge in [0, 0.05) is 4.88 Å². The zero-order valence-corrected chi connectivity index (χ0v) is 12.1. The lowest BCUT2D eigenvalue weighted by Gasteiger charge is -2.11. The fraction of sp³-hybridized carbons (Fsp3) is 0.400. The Bertz CT molecular complexity index is 522. The molecule has 0 aromatic carbocycles. The maximum absolute atomic E-state index is 11.6. The molecule has 2 amide bonds. The van der Waals surface area contributed by atoms with Gasteiger partial charge in [0.25, 0.3) is 15.6 Å². The molecule has 1 aromatic rings. The van der Waals surface area contributed by atoms with Gasteiger partial charge >= 0.3 is 0 Å². The predicted octanol–water partition coefficient (Wildman–Crippen LogP) is 2.64. The van der Waals surface area contributed by atoms with E-state index in [0.717, 1.165) is 29.7 Å². The molecule has 0 radical (unpaired) electrons. The number of rotatable bonds is 2. The van der Waals surface area contributed by atoms with Crippen LogP contribution in [0.5, 0.6) is 0 Å². The molecule has 18 heavy (non-hydrogen) atoms. The number of primary amides is 1. The molecule has 0 aliphatic heterocycles. The van der Waals surface area contributed by atoms with E-state index in [2.05, 4.69) is 5.32 Å². The molecule has 0 spiro atoms. The van der Waals surface area contributed by atoms with Crippen LogP contribution in [0.25, 0.3) is 0 Å².